The van der Waals surface area contributed by atoms with Gasteiger partial charge in [-0.1, -0.05) is 36.4 Å². The van der Waals surface area contributed by atoms with Crippen molar-refractivity contribution in [1.82, 2.24) is 10.3 Å². The Morgan fingerprint density at radius 2 is 1.70 bits per heavy atom. The van der Waals surface area contributed by atoms with E-state index in [1.54, 1.807) is 0 Å². The predicted molar refractivity (Wildman–Crippen MR) is 83.4 cm³/mol. The van der Waals surface area contributed by atoms with E-state index in [0.717, 1.165) is 6.54 Å². The summed E-state index contributed by atoms with van der Waals surface area (Å²) in [6, 6.07) is 19.5. The summed E-state index contributed by atoms with van der Waals surface area (Å²) in [5.41, 5.74) is 2.57. The highest BCUT2D eigenvalue weighted by atomic mass is 14.9. The van der Waals surface area contributed by atoms with Crippen LogP contribution >= 0.6 is 0 Å². The molecule has 0 aliphatic heterocycles. The average Bonchev–Trinajstić information content (AvgIpc) is 2.53. The molecule has 0 aliphatic rings. The van der Waals surface area contributed by atoms with E-state index in [0.29, 0.717) is 6.04 Å². The van der Waals surface area contributed by atoms with Crippen molar-refractivity contribution in [1.29, 1.82) is 0 Å². The van der Waals surface area contributed by atoms with Crippen molar-refractivity contribution in [2.45, 2.75) is 19.5 Å². The van der Waals surface area contributed by atoms with Crippen LogP contribution in [-0.2, 0) is 6.54 Å². The number of aromatic nitrogens is 1. The second kappa shape index (κ2) is 5.85. The quantitative estimate of drug-likeness (QED) is 0.766. The van der Waals surface area contributed by atoms with Gasteiger partial charge in [0.05, 0.1) is 0 Å². The van der Waals surface area contributed by atoms with E-state index in [9.17, 15) is 0 Å². The van der Waals surface area contributed by atoms with E-state index in [1.807, 2.05) is 12.4 Å². The van der Waals surface area contributed by atoms with Crippen LogP contribution in [0.4, 0.5) is 0 Å². The van der Waals surface area contributed by atoms with Gasteiger partial charge in [0.15, 0.2) is 0 Å². The molecule has 0 bridgehead atoms. The van der Waals surface area contributed by atoms with Gasteiger partial charge in [-0.05, 0) is 47.0 Å². The number of hydrogen-bond donors (Lipinski definition) is 1. The maximum atomic E-state index is 4.05. The molecule has 0 radical (unpaired) electrons. The van der Waals surface area contributed by atoms with Gasteiger partial charge < -0.3 is 5.32 Å². The first-order valence-electron chi connectivity index (χ1n) is 6.94. The molecule has 2 nitrogen and oxygen atoms in total. The Bertz CT molecular complexity index is 692. The monoisotopic (exact) mass is 262 g/mol. The molecule has 2 aromatic carbocycles. The lowest BCUT2D eigenvalue weighted by atomic mass is 10.1. The van der Waals surface area contributed by atoms with Gasteiger partial charge in [-0.15, -0.1) is 0 Å². The highest BCUT2D eigenvalue weighted by molar-refractivity contribution is 5.82. The Morgan fingerprint density at radius 1 is 0.950 bits per heavy atom. The first-order valence-corrected chi connectivity index (χ1v) is 6.94. The van der Waals surface area contributed by atoms with E-state index in [4.69, 9.17) is 0 Å². The van der Waals surface area contributed by atoms with Crippen LogP contribution in [0.5, 0.6) is 0 Å². The van der Waals surface area contributed by atoms with Crippen molar-refractivity contribution in [3.8, 4) is 0 Å². The summed E-state index contributed by atoms with van der Waals surface area (Å²) >= 11 is 0. The minimum absolute atomic E-state index is 0.324. The van der Waals surface area contributed by atoms with Crippen LogP contribution in [0.15, 0.2) is 67.0 Å². The second-order valence-corrected chi connectivity index (χ2v) is 5.06. The lowest BCUT2D eigenvalue weighted by Crippen LogP contribution is -2.18. The molecular formula is C18H18N2. The number of nitrogens with one attached hydrogen (secondary N) is 1. The molecule has 2 heteroatoms. The van der Waals surface area contributed by atoms with Crippen LogP contribution in [0.3, 0.4) is 0 Å². The zero-order chi connectivity index (χ0) is 13.8. The fourth-order valence-corrected chi connectivity index (χ4v) is 2.39. The van der Waals surface area contributed by atoms with E-state index in [2.05, 4.69) is 71.8 Å². The zero-order valence-electron chi connectivity index (χ0n) is 11.6. The van der Waals surface area contributed by atoms with Crippen LogP contribution in [0, 0.1) is 0 Å². The zero-order valence-corrected chi connectivity index (χ0v) is 11.6. The highest BCUT2D eigenvalue weighted by Gasteiger charge is 2.04. The highest BCUT2D eigenvalue weighted by Crippen LogP contribution is 2.17. The van der Waals surface area contributed by atoms with E-state index in [1.165, 1.54) is 21.9 Å². The Kier molecular flexibility index (Phi) is 3.75. The summed E-state index contributed by atoms with van der Waals surface area (Å²) in [4.78, 5) is 4.05. The third-order valence-corrected chi connectivity index (χ3v) is 3.63. The fraction of sp³-hybridized carbons (Fsp3) is 0.167. The van der Waals surface area contributed by atoms with Gasteiger partial charge in [0.25, 0.3) is 0 Å². The van der Waals surface area contributed by atoms with Crippen molar-refractivity contribution in [3.63, 3.8) is 0 Å². The molecule has 20 heavy (non-hydrogen) atoms. The first kappa shape index (κ1) is 12.8. The molecule has 0 saturated heterocycles. The molecule has 1 aromatic heterocycles. The molecule has 0 fully saturated rings. The van der Waals surface area contributed by atoms with Gasteiger partial charge in [0.1, 0.15) is 0 Å². The Hall–Kier alpha value is -2.19. The van der Waals surface area contributed by atoms with Crippen LogP contribution in [0.1, 0.15) is 24.1 Å². The number of rotatable bonds is 4. The average molecular weight is 262 g/mol. The molecule has 0 aliphatic carbocycles. The summed E-state index contributed by atoms with van der Waals surface area (Å²) in [5, 5.41) is 6.14. The molecule has 100 valence electrons. The van der Waals surface area contributed by atoms with Gasteiger partial charge in [-0.25, -0.2) is 0 Å². The molecular weight excluding hydrogens is 244 g/mol. The molecule has 0 spiro atoms. The predicted octanol–water partition coefficient (Wildman–Crippen LogP) is 4.09. The fourth-order valence-electron chi connectivity index (χ4n) is 2.39. The van der Waals surface area contributed by atoms with Gasteiger partial charge in [0, 0.05) is 25.0 Å². The number of pyridine rings is 1. The minimum atomic E-state index is 0.324. The topological polar surface area (TPSA) is 24.9 Å². The van der Waals surface area contributed by atoms with E-state index < -0.39 is 0 Å². The largest absolute Gasteiger partial charge is 0.306 e. The summed E-state index contributed by atoms with van der Waals surface area (Å²) in [6.07, 6.45) is 3.67. The number of fused-ring (bicyclic) bond motifs is 1. The second-order valence-electron chi connectivity index (χ2n) is 5.06. The Morgan fingerprint density at radius 3 is 2.50 bits per heavy atom. The first-order chi connectivity index (χ1) is 9.83. The Balaban J connectivity index is 1.70. The summed E-state index contributed by atoms with van der Waals surface area (Å²) in [6.45, 7) is 3.05. The standard InChI is InChI=1S/C18H18N2/c1-14(16-8-10-19-11-9-16)20-13-15-6-7-17-4-2-3-5-18(17)12-15/h2-12,14,20H,13H2,1H3/t14-/m1/s1. The molecule has 1 heterocycles. The molecule has 3 aromatic rings. The van der Waals surface area contributed by atoms with Crippen molar-refractivity contribution in [2.24, 2.45) is 0 Å². The van der Waals surface area contributed by atoms with Crippen LogP contribution in [0.2, 0.25) is 0 Å². The summed E-state index contributed by atoms with van der Waals surface area (Å²) in [5.74, 6) is 0. The van der Waals surface area contributed by atoms with Crippen LogP contribution < -0.4 is 5.32 Å². The number of hydrogen-bond acceptors (Lipinski definition) is 2. The van der Waals surface area contributed by atoms with Gasteiger partial charge in [-0.2, -0.15) is 0 Å². The summed E-state index contributed by atoms with van der Waals surface area (Å²) in [7, 11) is 0. The maximum Gasteiger partial charge on any atom is 0.0296 e. The molecule has 0 saturated carbocycles. The molecule has 0 unspecified atom stereocenters. The van der Waals surface area contributed by atoms with Crippen molar-refractivity contribution in [3.05, 3.63) is 78.1 Å². The molecule has 0 amide bonds. The number of nitrogens with zero attached hydrogens (tertiary/aromatic N) is 1. The van der Waals surface area contributed by atoms with Crippen LogP contribution in [-0.4, -0.2) is 4.98 Å². The van der Waals surface area contributed by atoms with Gasteiger partial charge in [0.2, 0.25) is 0 Å². The van der Waals surface area contributed by atoms with E-state index in [-0.39, 0.29) is 0 Å². The molecule has 1 N–H and O–H groups in total. The smallest absolute Gasteiger partial charge is 0.0296 e. The van der Waals surface area contributed by atoms with Crippen molar-refractivity contribution < 1.29 is 0 Å². The lowest BCUT2D eigenvalue weighted by molar-refractivity contribution is 0.574. The van der Waals surface area contributed by atoms with Crippen LogP contribution in [0.25, 0.3) is 10.8 Å². The molecule has 1 atom stereocenters. The number of benzene rings is 2. The summed E-state index contributed by atoms with van der Waals surface area (Å²) < 4.78 is 0. The van der Waals surface area contributed by atoms with Gasteiger partial charge >= 0.3 is 0 Å². The normalized spacial score (nSPS) is 12.4. The third kappa shape index (κ3) is 2.86. The lowest BCUT2D eigenvalue weighted by Gasteiger charge is -2.14. The maximum absolute atomic E-state index is 4.05. The Labute approximate surface area is 119 Å². The van der Waals surface area contributed by atoms with E-state index >= 15 is 0 Å². The third-order valence-electron chi connectivity index (χ3n) is 3.63. The molecule has 3 rings (SSSR count). The van der Waals surface area contributed by atoms with Crippen molar-refractivity contribution >= 4 is 10.8 Å². The minimum Gasteiger partial charge on any atom is -0.306 e. The SMILES string of the molecule is C[C@@H](NCc1ccc2ccccc2c1)c1ccncc1. The van der Waals surface area contributed by atoms with Crippen molar-refractivity contribution in [2.75, 3.05) is 0 Å². The van der Waals surface area contributed by atoms with Gasteiger partial charge in [-0.3, -0.25) is 4.98 Å².